The number of aromatic carboxylic acids is 1. The van der Waals surface area contributed by atoms with Crippen molar-refractivity contribution >= 4 is 54.2 Å². The fourth-order valence-corrected chi connectivity index (χ4v) is 1.71. The Bertz CT molecular complexity index is 511. The number of hydrogen-bond acceptors (Lipinski definition) is 1. The molecule has 0 aliphatic rings. The maximum absolute atomic E-state index is 10.8. The first kappa shape index (κ1) is 12.4. The summed E-state index contributed by atoms with van der Waals surface area (Å²) in [7, 11) is 0. The summed E-state index contributed by atoms with van der Waals surface area (Å²) in [6.45, 7) is 0. The molecule has 0 saturated heterocycles. The molecule has 76 valence electrons. The third-order valence-electron chi connectivity index (χ3n) is 2.09. The first-order chi connectivity index (χ1) is 6.70. The van der Waals surface area contributed by atoms with Gasteiger partial charge in [0.05, 0.1) is 10.6 Å². The van der Waals surface area contributed by atoms with E-state index in [-0.39, 0.29) is 31.4 Å². The van der Waals surface area contributed by atoms with Crippen molar-refractivity contribution in [2.24, 2.45) is 0 Å². The van der Waals surface area contributed by atoms with Gasteiger partial charge in [-0.15, -0.1) is 0 Å². The van der Waals surface area contributed by atoms with E-state index in [0.29, 0.717) is 5.02 Å². The van der Waals surface area contributed by atoms with Crippen molar-refractivity contribution in [1.29, 1.82) is 0 Å². The Morgan fingerprint density at radius 1 is 1.13 bits per heavy atom. The monoisotopic (exact) mass is 324 g/mol. The fourth-order valence-electron chi connectivity index (χ4n) is 1.40. The van der Waals surface area contributed by atoms with Gasteiger partial charge in [-0.25, -0.2) is 4.79 Å². The molecule has 0 fully saturated rings. The van der Waals surface area contributed by atoms with Gasteiger partial charge < -0.3 is 5.11 Å². The molecule has 1 N–H and O–H groups in total. The van der Waals surface area contributed by atoms with Crippen LogP contribution >= 0.6 is 11.6 Å². The second-order valence-electron chi connectivity index (χ2n) is 2.95. The second kappa shape index (κ2) is 4.90. The number of fused-ring (bicyclic) bond motifs is 1. The van der Waals surface area contributed by atoms with E-state index in [4.69, 9.17) is 16.7 Å². The Kier molecular flexibility index (Phi) is 4.05. The average molecular weight is 324 g/mol. The van der Waals surface area contributed by atoms with Crippen LogP contribution in [0.2, 0.25) is 5.02 Å². The summed E-state index contributed by atoms with van der Waals surface area (Å²) in [5.74, 6) is -0.999. The first-order valence-electron chi connectivity index (χ1n) is 4.10. The van der Waals surface area contributed by atoms with Gasteiger partial charge in [0.2, 0.25) is 0 Å². The van der Waals surface area contributed by atoms with Gasteiger partial charge in [-0.05, 0) is 11.5 Å². The number of rotatable bonds is 1. The zero-order valence-corrected chi connectivity index (χ0v) is 7.95. The molecule has 0 heterocycles. The van der Waals surface area contributed by atoms with E-state index in [9.17, 15) is 4.79 Å². The van der Waals surface area contributed by atoms with Gasteiger partial charge >= 0.3 is 31.8 Å². The van der Waals surface area contributed by atoms with Crippen LogP contribution in [0.25, 0.3) is 10.8 Å². The van der Waals surface area contributed by atoms with Gasteiger partial charge in [-0.3, -0.25) is 0 Å². The summed E-state index contributed by atoms with van der Waals surface area (Å²) >= 11 is 5.96. The van der Waals surface area contributed by atoms with Crippen LogP contribution in [0.4, 0.5) is 0 Å². The molecule has 0 bridgehead atoms. The minimum atomic E-state index is -0.999. The van der Waals surface area contributed by atoms with E-state index >= 15 is 0 Å². The zero-order chi connectivity index (χ0) is 10.1. The second-order valence-corrected chi connectivity index (χ2v) is 3.33. The maximum atomic E-state index is 10.8. The number of carboxylic acids is 1. The molecule has 2 aromatic carbocycles. The first-order valence-corrected chi connectivity index (χ1v) is 4.48. The van der Waals surface area contributed by atoms with Crippen LogP contribution in [0, 0.1) is 0 Å². The normalized spacial score (nSPS) is 9.67. The van der Waals surface area contributed by atoms with E-state index in [2.05, 4.69) is 0 Å². The van der Waals surface area contributed by atoms with Crippen LogP contribution < -0.4 is 0 Å². The van der Waals surface area contributed by atoms with E-state index < -0.39 is 5.97 Å². The van der Waals surface area contributed by atoms with Crippen molar-refractivity contribution in [3.63, 3.8) is 0 Å². The van der Waals surface area contributed by atoms with Gasteiger partial charge in [0, 0.05) is 5.39 Å². The molecule has 2 nitrogen and oxygen atoms in total. The van der Waals surface area contributed by atoms with Crippen molar-refractivity contribution in [3.05, 3.63) is 47.0 Å². The van der Waals surface area contributed by atoms with Crippen molar-refractivity contribution in [2.45, 2.75) is 0 Å². The standard InChI is InChI=1S/C11H7ClO2.In.3H/c12-10-8-4-2-1-3-7(8)5-6-9(10)11(13)14;;;;/h1-6H,(H,13,14);;;;. The number of carbonyl (C=O) groups is 1. The van der Waals surface area contributed by atoms with E-state index in [0.717, 1.165) is 10.8 Å². The van der Waals surface area contributed by atoms with Crippen molar-refractivity contribution < 1.29 is 9.90 Å². The quantitative estimate of drug-likeness (QED) is 0.871. The van der Waals surface area contributed by atoms with Gasteiger partial charge in [-0.2, -0.15) is 0 Å². The predicted octanol–water partition coefficient (Wildman–Crippen LogP) is 2.01. The topological polar surface area (TPSA) is 37.3 Å². The zero-order valence-electron chi connectivity index (χ0n) is 7.20. The molecular weight excluding hydrogens is 314 g/mol. The summed E-state index contributed by atoms with van der Waals surface area (Å²) in [5.41, 5.74) is 0.144. The van der Waals surface area contributed by atoms with Crippen LogP contribution in [0.15, 0.2) is 36.4 Å². The summed E-state index contributed by atoms with van der Waals surface area (Å²) in [6.07, 6.45) is 0. The number of halogens is 1. The Labute approximate surface area is 111 Å². The molecule has 0 atom stereocenters. The predicted molar refractivity (Wildman–Crippen MR) is 65.9 cm³/mol. The van der Waals surface area contributed by atoms with Crippen LogP contribution in [0.3, 0.4) is 0 Å². The third kappa shape index (κ3) is 2.29. The Morgan fingerprint density at radius 3 is 2.47 bits per heavy atom. The van der Waals surface area contributed by atoms with Crippen LogP contribution in [-0.2, 0) is 0 Å². The van der Waals surface area contributed by atoms with Crippen LogP contribution in [0.5, 0.6) is 0 Å². The van der Waals surface area contributed by atoms with Crippen LogP contribution in [0.1, 0.15) is 10.4 Å². The molecule has 0 unspecified atom stereocenters. The molecule has 0 saturated carbocycles. The summed E-state index contributed by atoms with van der Waals surface area (Å²) in [5, 5.41) is 10.9. The Hall–Kier alpha value is -0.670. The van der Waals surface area contributed by atoms with Crippen molar-refractivity contribution in [2.75, 3.05) is 0 Å². The molecular formula is C11H10ClInO2. The molecule has 15 heavy (non-hydrogen) atoms. The summed E-state index contributed by atoms with van der Waals surface area (Å²) in [6, 6.07) is 10.7. The summed E-state index contributed by atoms with van der Waals surface area (Å²) in [4.78, 5) is 10.8. The molecule has 0 spiro atoms. The van der Waals surface area contributed by atoms with Gasteiger partial charge in [0.1, 0.15) is 0 Å². The van der Waals surface area contributed by atoms with E-state index in [1.54, 1.807) is 6.07 Å². The molecule has 2 rings (SSSR count). The third-order valence-corrected chi connectivity index (χ3v) is 2.50. The number of benzene rings is 2. The van der Waals surface area contributed by atoms with Crippen molar-refractivity contribution in [1.82, 2.24) is 0 Å². The summed E-state index contributed by atoms with van der Waals surface area (Å²) < 4.78 is 0. The van der Waals surface area contributed by atoms with E-state index in [1.165, 1.54) is 6.07 Å². The molecule has 0 aliphatic carbocycles. The molecule has 0 radical (unpaired) electrons. The van der Waals surface area contributed by atoms with Gasteiger partial charge in [0.15, 0.2) is 0 Å². The van der Waals surface area contributed by atoms with Crippen LogP contribution in [-0.4, -0.2) is 36.9 Å². The number of carboxylic acid groups (broad SMARTS) is 1. The van der Waals surface area contributed by atoms with Gasteiger partial charge in [0.25, 0.3) is 0 Å². The Morgan fingerprint density at radius 2 is 1.80 bits per heavy atom. The fraction of sp³-hybridized carbons (Fsp3) is 0. The van der Waals surface area contributed by atoms with Crippen molar-refractivity contribution in [3.8, 4) is 0 Å². The molecule has 2 aromatic rings. The average Bonchev–Trinajstić information content (AvgIpc) is 2.18. The molecule has 0 amide bonds. The van der Waals surface area contributed by atoms with E-state index in [1.807, 2.05) is 24.3 Å². The SMILES string of the molecule is O=C(O)c1ccc2ccccc2c1Cl.[InH3]. The Balaban J connectivity index is 0.00000112. The molecule has 0 aliphatic heterocycles. The minimum absolute atomic E-state index is 0. The molecule has 4 heteroatoms. The molecule has 0 aromatic heterocycles. The number of hydrogen-bond donors (Lipinski definition) is 1. The van der Waals surface area contributed by atoms with Gasteiger partial charge in [-0.1, -0.05) is 41.9 Å².